The third kappa shape index (κ3) is 8.44. The molecule has 0 radical (unpaired) electrons. The van der Waals surface area contributed by atoms with Crippen LogP contribution in [0.5, 0.6) is 5.75 Å². The summed E-state index contributed by atoms with van der Waals surface area (Å²) in [6, 6.07) is 25.6. The predicted molar refractivity (Wildman–Crippen MR) is 190 cm³/mol. The summed E-state index contributed by atoms with van der Waals surface area (Å²) in [5.41, 5.74) is 1.40. The summed E-state index contributed by atoms with van der Waals surface area (Å²) in [5.74, 6) is -0.641. The number of nitrogens with one attached hydrogen (secondary N) is 1. The van der Waals surface area contributed by atoms with E-state index in [9.17, 15) is 18.0 Å². The third-order valence-corrected chi connectivity index (χ3v) is 11.2. The Labute approximate surface area is 296 Å². The third-order valence-electron chi connectivity index (χ3n) is 8.40. The number of rotatable bonds is 13. The number of anilines is 1. The van der Waals surface area contributed by atoms with E-state index in [0.717, 1.165) is 35.6 Å². The van der Waals surface area contributed by atoms with E-state index in [0.29, 0.717) is 21.4 Å². The molecule has 1 saturated carbocycles. The Hall–Kier alpha value is -3.76. The van der Waals surface area contributed by atoms with Gasteiger partial charge in [-0.3, -0.25) is 13.9 Å². The van der Waals surface area contributed by atoms with Crippen LogP contribution in [-0.2, 0) is 32.6 Å². The zero-order valence-electron chi connectivity index (χ0n) is 26.3. The standard InChI is InChI=1S/C36H36Cl3N3O5S/c1-47-34-20-19-27(22-32(34)39)42(48(45,46)28-15-6-3-7-16-28)24-35(43)41(23-29-30(37)17-10-18-31(29)38)33(21-25-11-4-2-5-12-25)36(44)40-26-13-8-9-14-26/h2-7,10-12,15-20,22,26,33H,8-9,13-14,21,23-24H2,1H3,(H,40,44). The molecule has 5 rings (SSSR count). The number of sulfonamides is 1. The molecule has 1 aliphatic rings. The average molecular weight is 729 g/mol. The molecule has 1 atom stereocenters. The predicted octanol–water partition coefficient (Wildman–Crippen LogP) is 7.55. The second-order valence-corrected chi connectivity index (χ2v) is 14.6. The molecule has 12 heteroatoms. The van der Waals surface area contributed by atoms with Crippen LogP contribution in [-0.4, -0.2) is 50.9 Å². The van der Waals surface area contributed by atoms with Crippen molar-refractivity contribution >= 4 is 62.3 Å². The molecule has 48 heavy (non-hydrogen) atoms. The summed E-state index contributed by atoms with van der Waals surface area (Å²) in [6.07, 6.45) is 3.86. The number of benzene rings is 4. The van der Waals surface area contributed by atoms with E-state index in [2.05, 4.69) is 5.32 Å². The molecule has 0 bridgehead atoms. The minimum Gasteiger partial charge on any atom is -0.495 e. The molecule has 1 fully saturated rings. The van der Waals surface area contributed by atoms with Crippen LogP contribution >= 0.6 is 34.8 Å². The van der Waals surface area contributed by atoms with Crippen molar-refractivity contribution < 1.29 is 22.7 Å². The van der Waals surface area contributed by atoms with Crippen LogP contribution in [0.1, 0.15) is 36.8 Å². The summed E-state index contributed by atoms with van der Waals surface area (Å²) in [6.45, 7) is -0.792. The molecular weight excluding hydrogens is 693 g/mol. The summed E-state index contributed by atoms with van der Waals surface area (Å²) in [7, 11) is -2.85. The molecule has 0 saturated heterocycles. The molecule has 2 amide bonds. The Kier molecular flexibility index (Phi) is 11.9. The number of hydrogen-bond acceptors (Lipinski definition) is 5. The number of ether oxygens (including phenoxy) is 1. The van der Waals surface area contributed by atoms with Gasteiger partial charge in [0.1, 0.15) is 18.3 Å². The van der Waals surface area contributed by atoms with Crippen molar-refractivity contribution in [1.29, 1.82) is 0 Å². The minimum absolute atomic E-state index is 0.0203. The molecule has 0 heterocycles. The Bertz CT molecular complexity index is 1820. The molecular formula is C36H36Cl3N3O5S. The highest BCUT2D eigenvalue weighted by molar-refractivity contribution is 7.92. The number of nitrogens with zero attached hydrogens (tertiary/aromatic N) is 2. The molecule has 4 aromatic rings. The summed E-state index contributed by atoms with van der Waals surface area (Å²) < 4.78 is 34.7. The van der Waals surface area contributed by atoms with Crippen LogP contribution < -0.4 is 14.4 Å². The SMILES string of the molecule is COc1ccc(N(CC(=O)N(Cc2c(Cl)cccc2Cl)C(Cc2ccccc2)C(=O)NC2CCCC2)S(=O)(=O)c2ccccc2)cc1Cl. The van der Waals surface area contributed by atoms with E-state index in [1.807, 2.05) is 30.3 Å². The number of hydrogen-bond donors (Lipinski definition) is 1. The first-order chi connectivity index (χ1) is 23.1. The molecule has 8 nitrogen and oxygen atoms in total. The number of methoxy groups -OCH3 is 1. The number of amides is 2. The van der Waals surface area contributed by atoms with Crippen LogP contribution in [0.4, 0.5) is 5.69 Å². The van der Waals surface area contributed by atoms with Crippen molar-refractivity contribution in [2.45, 2.75) is 55.6 Å². The molecule has 1 N–H and O–H groups in total. The molecule has 0 aromatic heterocycles. The van der Waals surface area contributed by atoms with Crippen LogP contribution in [0.15, 0.2) is 102 Å². The van der Waals surface area contributed by atoms with Crippen molar-refractivity contribution in [3.8, 4) is 5.75 Å². The van der Waals surface area contributed by atoms with E-state index in [4.69, 9.17) is 39.5 Å². The zero-order valence-corrected chi connectivity index (χ0v) is 29.4. The van der Waals surface area contributed by atoms with Gasteiger partial charge in [-0.2, -0.15) is 0 Å². The minimum atomic E-state index is -4.30. The van der Waals surface area contributed by atoms with E-state index < -0.39 is 28.5 Å². The Morgan fingerprint density at radius 3 is 2.08 bits per heavy atom. The second kappa shape index (κ2) is 16.1. The lowest BCUT2D eigenvalue weighted by Gasteiger charge is -2.34. The highest BCUT2D eigenvalue weighted by atomic mass is 35.5. The fraction of sp³-hybridized carbons (Fsp3) is 0.278. The maximum atomic E-state index is 14.7. The molecule has 0 aliphatic heterocycles. The fourth-order valence-electron chi connectivity index (χ4n) is 5.83. The van der Waals surface area contributed by atoms with E-state index in [-0.39, 0.29) is 40.5 Å². The summed E-state index contributed by atoms with van der Waals surface area (Å²) in [5, 5.41) is 3.93. The van der Waals surface area contributed by atoms with Crippen LogP contribution in [0.2, 0.25) is 15.1 Å². The Morgan fingerprint density at radius 2 is 1.48 bits per heavy atom. The van der Waals surface area contributed by atoms with Crippen LogP contribution in [0.3, 0.4) is 0 Å². The Balaban J connectivity index is 1.60. The van der Waals surface area contributed by atoms with E-state index in [1.165, 1.54) is 42.3 Å². The smallest absolute Gasteiger partial charge is 0.264 e. The zero-order chi connectivity index (χ0) is 34.3. The normalized spacial score (nSPS) is 13.9. The first-order valence-electron chi connectivity index (χ1n) is 15.6. The van der Waals surface area contributed by atoms with E-state index in [1.54, 1.807) is 36.4 Å². The quantitative estimate of drug-likeness (QED) is 0.154. The number of carbonyl (C=O) groups excluding carboxylic acids is 2. The maximum absolute atomic E-state index is 14.7. The first kappa shape index (κ1) is 35.5. The van der Waals surface area contributed by atoms with Gasteiger partial charge in [0.15, 0.2) is 0 Å². The van der Waals surface area contributed by atoms with Crippen LogP contribution in [0.25, 0.3) is 0 Å². The van der Waals surface area contributed by atoms with Gasteiger partial charge in [-0.25, -0.2) is 8.42 Å². The average Bonchev–Trinajstić information content (AvgIpc) is 3.60. The van der Waals surface area contributed by atoms with Gasteiger partial charge >= 0.3 is 0 Å². The lowest BCUT2D eigenvalue weighted by molar-refractivity contribution is -0.140. The van der Waals surface area contributed by atoms with Gasteiger partial charge in [0.05, 0.1) is 22.7 Å². The summed E-state index contributed by atoms with van der Waals surface area (Å²) in [4.78, 5) is 30.2. The fourth-order valence-corrected chi connectivity index (χ4v) is 8.03. The molecule has 4 aromatic carbocycles. The van der Waals surface area contributed by atoms with Crippen LogP contribution in [0, 0.1) is 0 Å². The number of carbonyl (C=O) groups is 2. The molecule has 1 aliphatic carbocycles. The summed E-state index contributed by atoms with van der Waals surface area (Å²) >= 11 is 19.7. The van der Waals surface area contributed by atoms with Crippen molar-refractivity contribution in [1.82, 2.24) is 10.2 Å². The second-order valence-electron chi connectivity index (χ2n) is 11.6. The largest absolute Gasteiger partial charge is 0.495 e. The first-order valence-corrected chi connectivity index (χ1v) is 18.1. The van der Waals surface area contributed by atoms with Gasteiger partial charge in [-0.05, 0) is 60.9 Å². The highest BCUT2D eigenvalue weighted by Gasteiger charge is 2.36. The maximum Gasteiger partial charge on any atom is 0.264 e. The van der Waals surface area contributed by atoms with Gasteiger partial charge < -0.3 is 15.0 Å². The van der Waals surface area contributed by atoms with Crippen molar-refractivity contribution in [3.63, 3.8) is 0 Å². The van der Waals surface area contributed by atoms with Gasteiger partial charge in [-0.1, -0.05) is 102 Å². The van der Waals surface area contributed by atoms with Gasteiger partial charge in [0.25, 0.3) is 10.0 Å². The molecule has 252 valence electrons. The van der Waals surface area contributed by atoms with Crippen molar-refractivity contribution in [2.24, 2.45) is 0 Å². The highest BCUT2D eigenvalue weighted by Crippen LogP contribution is 2.33. The number of halogens is 3. The van der Waals surface area contributed by atoms with Crippen molar-refractivity contribution in [3.05, 3.63) is 123 Å². The monoisotopic (exact) mass is 727 g/mol. The molecule has 0 spiro atoms. The van der Waals surface area contributed by atoms with Gasteiger partial charge in [-0.15, -0.1) is 0 Å². The van der Waals surface area contributed by atoms with E-state index >= 15 is 0 Å². The Morgan fingerprint density at radius 1 is 0.854 bits per heavy atom. The molecule has 1 unspecified atom stereocenters. The van der Waals surface area contributed by atoms with Gasteiger partial charge in [0.2, 0.25) is 11.8 Å². The van der Waals surface area contributed by atoms with Gasteiger partial charge in [0, 0.05) is 34.6 Å². The lowest BCUT2D eigenvalue weighted by atomic mass is 10.0. The van der Waals surface area contributed by atoms with Crippen molar-refractivity contribution in [2.75, 3.05) is 18.0 Å². The topological polar surface area (TPSA) is 96.0 Å². The lowest BCUT2D eigenvalue weighted by Crippen LogP contribution is -2.54.